The molecule has 0 bridgehead atoms. The summed E-state index contributed by atoms with van der Waals surface area (Å²) in [6.45, 7) is 0. The average molecular weight is 323 g/mol. The summed E-state index contributed by atoms with van der Waals surface area (Å²) in [7, 11) is -0.375. The molecule has 1 heterocycles. The molecule has 0 aliphatic carbocycles. The number of benzene rings is 1. The van der Waals surface area contributed by atoms with Gasteiger partial charge in [-0.3, -0.25) is 0 Å². The van der Waals surface area contributed by atoms with Crippen molar-refractivity contribution in [2.24, 2.45) is 0 Å². The summed E-state index contributed by atoms with van der Waals surface area (Å²) in [5, 5.41) is 0. The third-order valence-electron chi connectivity index (χ3n) is 2.68. The fourth-order valence-electron chi connectivity index (χ4n) is 1.78. The molecular weight excluding hydrogens is 322 g/mol. The highest BCUT2D eigenvalue weighted by molar-refractivity contribution is 6.20. The lowest BCUT2D eigenvalue weighted by molar-refractivity contribution is -0.371. The molecule has 0 amide bonds. The summed E-state index contributed by atoms with van der Waals surface area (Å²) in [5.41, 5.74) is -7.53. The standard InChI is InChI=1S/C9HBF9O2/c11-2-1-3-4(6(13)5(2)12)7(8(14,15)16,9(17,18)19)21-10-20-3/h1H/q-1. The number of rotatable bonds is 0. The molecule has 1 aliphatic heterocycles. The molecular formula is C9HBF9O2-. The first-order chi connectivity index (χ1) is 9.43. The van der Waals surface area contributed by atoms with Crippen LogP contribution in [-0.2, 0) is 10.3 Å². The van der Waals surface area contributed by atoms with Gasteiger partial charge in [0.2, 0.25) is 5.60 Å². The van der Waals surface area contributed by atoms with E-state index in [2.05, 4.69) is 9.31 Å². The first-order valence-corrected chi connectivity index (χ1v) is 4.91. The van der Waals surface area contributed by atoms with Crippen molar-refractivity contribution in [1.82, 2.24) is 0 Å². The number of fused-ring (bicyclic) bond motifs is 1. The van der Waals surface area contributed by atoms with Crippen LogP contribution in [0.2, 0.25) is 0 Å². The second kappa shape index (κ2) is 4.45. The Morgan fingerprint density at radius 2 is 1.43 bits per heavy atom. The molecule has 0 saturated heterocycles. The van der Waals surface area contributed by atoms with Crippen LogP contribution in [0.1, 0.15) is 5.56 Å². The Kier molecular flexibility index (Phi) is 3.35. The molecule has 0 unspecified atom stereocenters. The first kappa shape index (κ1) is 15.8. The van der Waals surface area contributed by atoms with Crippen LogP contribution in [0.4, 0.5) is 39.5 Å². The Hall–Kier alpha value is -1.59. The number of hydrogen-bond donors (Lipinski definition) is 0. The average Bonchev–Trinajstić information content (AvgIpc) is 2.32. The summed E-state index contributed by atoms with van der Waals surface area (Å²) in [4.78, 5) is 0. The molecule has 0 N–H and O–H groups in total. The summed E-state index contributed by atoms with van der Waals surface area (Å²) >= 11 is 0. The molecule has 0 atom stereocenters. The Morgan fingerprint density at radius 1 is 0.905 bits per heavy atom. The predicted octanol–water partition coefficient (Wildman–Crippen LogP) is 3.37. The monoisotopic (exact) mass is 323 g/mol. The van der Waals surface area contributed by atoms with Crippen LogP contribution in [0.25, 0.3) is 0 Å². The van der Waals surface area contributed by atoms with Crippen molar-refractivity contribution in [3.8, 4) is 5.75 Å². The fraction of sp³-hybridized carbons (Fsp3) is 0.333. The number of halogens is 9. The number of hydrogen-bond acceptors (Lipinski definition) is 2. The topological polar surface area (TPSA) is 18.5 Å². The Bertz CT molecular complexity index is 566. The van der Waals surface area contributed by atoms with Crippen molar-refractivity contribution in [2.75, 3.05) is 0 Å². The van der Waals surface area contributed by atoms with E-state index in [4.69, 9.17) is 0 Å². The molecule has 1 aromatic carbocycles. The molecule has 2 radical (unpaired) electrons. The van der Waals surface area contributed by atoms with Crippen LogP contribution < -0.4 is 4.65 Å². The summed E-state index contributed by atoms with van der Waals surface area (Å²) in [6.07, 6.45) is -12.4. The van der Waals surface area contributed by atoms with Gasteiger partial charge in [0.1, 0.15) is 0 Å². The highest BCUT2D eigenvalue weighted by Gasteiger charge is 2.73. The zero-order valence-corrected chi connectivity index (χ0v) is 9.37. The van der Waals surface area contributed by atoms with Crippen LogP contribution >= 0.6 is 0 Å². The maximum atomic E-state index is 13.5. The number of alkyl halides is 6. The van der Waals surface area contributed by atoms with Crippen molar-refractivity contribution < 1.29 is 48.8 Å². The molecule has 0 saturated carbocycles. The van der Waals surface area contributed by atoms with Crippen LogP contribution in [-0.4, -0.2) is 20.0 Å². The van der Waals surface area contributed by atoms with Gasteiger partial charge in [-0.15, -0.1) is 0 Å². The lowest BCUT2D eigenvalue weighted by atomic mass is 9.87. The van der Waals surface area contributed by atoms with Crippen LogP contribution in [0, 0.1) is 17.5 Å². The Labute approximate surface area is 110 Å². The van der Waals surface area contributed by atoms with E-state index < -0.39 is 46.7 Å². The molecule has 0 spiro atoms. The van der Waals surface area contributed by atoms with E-state index >= 15 is 0 Å². The predicted molar refractivity (Wildman–Crippen MR) is 47.6 cm³/mol. The minimum Gasteiger partial charge on any atom is -0.741 e. The van der Waals surface area contributed by atoms with E-state index in [1.807, 2.05) is 0 Å². The quantitative estimate of drug-likeness (QED) is 0.414. The lowest BCUT2D eigenvalue weighted by Gasteiger charge is -2.48. The SMILES string of the molecule is Fc1cc2c(c(F)c1F)C(C(F)(F)F)(C(F)(F)F)O[B-]O2. The second-order valence-electron chi connectivity index (χ2n) is 3.87. The van der Waals surface area contributed by atoms with Crippen molar-refractivity contribution in [1.29, 1.82) is 0 Å². The lowest BCUT2D eigenvalue weighted by Crippen LogP contribution is -2.59. The van der Waals surface area contributed by atoms with Gasteiger partial charge >= 0.3 is 12.4 Å². The van der Waals surface area contributed by atoms with Gasteiger partial charge < -0.3 is 9.31 Å². The third-order valence-corrected chi connectivity index (χ3v) is 2.68. The van der Waals surface area contributed by atoms with Gasteiger partial charge in [0.25, 0.3) is 0 Å². The van der Waals surface area contributed by atoms with Gasteiger partial charge in [-0.1, -0.05) is 0 Å². The molecule has 1 aliphatic rings. The molecule has 0 aromatic heterocycles. The van der Waals surface area contributed by atoms with E-state index in [1.165, 1.54) is 0 Å². The summed E-state index contributed by atoms with van der Waals surface area (Å²) in [6, 6.07) is -0.140. The smallest absolute Gasteiger partial charge is 0.427 e. The maximum Gasteiger partial charge on any atom is 0.427 e. The molecule has 2 nitrogen and oxygen atoms in total. The van der Waals surface area contributed by atoms with Gasteiger partial charge in [-0.2, -0.15) is 26.3 Å². The van der Waals surface area contributed by atoms with Crippen molar-refractivity contribution in [3.05, 3.63) is 29.1 Å². The van der Waals surface area contributed by atoms with E-state index in [-0.39, 0.29) is 13.8 Å². The molecule has 2 rings (SSSR count). The highest BCUT2D eigenvalue weighted by atomic mass is 19.4. The second-order valence-corrected chi connectivity index (χ2v) is 3.87. The molecule has 21 heavy (non-hydrogen) atoms. The van der Waals surface area contributed by atoms with Crippen molar-refractivity contribution >= 4 is 7.69 Å². The zero-order chi connectivity index (χ0) is 16.2. The molecule has 0 fully saturated rings. The Balaban J connectivity index is 2.89. The van der Waals surface area contributed by atoms with E-state index in [9.17, 15) is 39.5 Å². The minimum absolute atomic E-state index is 0.140. The van der Waals surface area contributed by atoms with E-state index in [0.717, 1.165) is 0 Å². The van der Waals surface area contributed by atoms with Crippen LogP contribution in [0.5, 0.6) is 5.75 Å². The van der Waals surface area contributed by atoms with Gasteiger partial charge in [0.15, 0.2) is 17.5 Å². The highest BCUT2D eigenvalue weighted by Crippen LogP contribution is 2.57. The first-order valence-electron chi connectivity index (χ1n) is 4.91. The van der Waals surface area contributed by atoms with Crippen LogP contribution in [0.15, 0.2) is 6.07 Å². The normalized spacial score (nSPS) is 18.1. The van der Waals surface area contributed by atoms with Crippen LogP contribution in [0.3, 0.4) is 0 Å². The Morgan fingerprint density at radius 3 is 1.90 bits per heavy atom. The molecule has 1 aromatic rings. The van der Waals surface area contributed by atoms with Crippen molar-refractivity contribution in [3.63, 3.8) is 0 Å². The van der Waals surface area contributed by atoms with E-state index in [0.29, 0.717) is 0 Å². The largest absolute Gasteiger partial charge is 0.741 e. The van der Waals surface area contributed by atoms with Gasteiger partial charge in [-0.25, -0.2) is 13.2 Å². The third kappa shape index (κ3) is 2.03. The maximum absolute atomic E-state index is 13.5. The van der Waals surface area contributed by atoms with Gasteiger partial charge in [-0.05, 0) is 0 Å². The fourth-order valence-corrected chi connectivity index (χ4v) is 1.78. The van der Waals surface area contributed by atoms with Crippen molar-refractivity contribution in [2.45, 2.75) is 18.0 Å². The minimum atomic E-state index is -6.22. The van der Waals surface area contributed by atoms with E-state index in [1.54, 1.807) is 0 Å². The molecule has 116 valence electrons. The molecule has 12 heteroatoms. The summed E-state index contributed by atoms with van der Waals surface area (Å²) in [5.74, 6) is -8.72. The van der Waals surface area contributed by atoms with Gasteiger partial charge in [0, 0.05) is 6.07 Å². The van der Waals surface area contributed by atoms with Gasteiger partial charge in [0.05, 0.1) is 19.0 Å². The summed E-state index contributed by atoms with van der Waals surface area (Å²) < 4.78 is 124. The zero-order valence-electron chi connectivity index (χ0n) is 9.37.